The predicted octanol–water partition coefficient (Wildman–Crippen LogP) is 3.36. The van der Waals surface area contributed by atoms with Crippen molar-refractivity contribution in [3.63, 3.8) is 0 Å². The van der Waals surface area contributed by atoms with Gasteiger partial charge in [0.05, 0.1) is 25.3 Å². The molecule has 0 bridgehead atoms. The van der Waals surface area contributed by atoms with Gasteiger partial charge in [0.1, 0.15) is 23.0 Å². The first-order valence-electron chi connectivity index (χ1n) is 8.78. The minimum atomic E-state index is -0.284. The summed E-state index contributed by atoms with van der Waals surface area (Å²) in [5, 5.41) is 5.94. The predicted molar refractivity (Wildman–Crippen MR) is 109 cm³/mol. The molecule has 2 N–H and O–H groups in total. The van der Waals surface area contributed by atoms with Crippen LogP contribution in [-0.2, 0) is 4.79 Å². The molecule has 0 saturated heterocycles. The van der Waals surface area contributed by atoms with E-state index in [0.717, 1.165) is 0 Å². The average molecular weight is 395 g/mol. The number of amides is 2. The van der Waals surface area contributed by atoms with Crippen LogP contribution in [0.1, 0.15) is 17.3 Å². The highest BCUT2D eigenvalue weighted by Gasteiger charge is 2.16. The number of fused-ring (bicyclic) bond motifs is 1. The maximum atomic E-state index is 12.2. The lowest BCUT2D eigenvalue weighted by atomic mass is 10.1. The van der Waals surface area contributed by atoms with Crippen LogP contribution in [0.15, 0.2) is 42.6 Å². The van der Waals surface area contributed by atoms with Crippen LogP contribution in [0.2, 0.25) is 0 Å². The van der Waals surface area contributed by atoms with Crippen molar-refractivity contribution in [3.05, 3.63) is 48.2 Å². The molecule has 150 valence electrons. The summed E-state index contributed by atoms with van der Waals surface area (Å²) in [7, 11) is 4.57. The Morgan fingerprint density at radius 1 is 0.966 bits per heavy atom. The van der Waals surface area contributed by atoms with Crippen LogP contribution in [0.5, 0.6) is 23.0 Å². The second-order valence-electron chi connectivity index (χ2n) is 6.14. The highest BCUT2D eigenvalue weighted by molar-refractivity contribution is 6.02. The van der Waals surface area contributed by atoms with Gasteiger partial charge in [-0.2, -0.15) is 0 Å². The number of rotatable bonds is 6. The lowest BCUT2D eigenvalue weighted by Gasteiger charge is -2.14. The van der Waals surface area contributed by atoms with Crippen molar-refractivity contribution in [3.8, 4) is 23.0 Å². The standard InChI is InChI=1S/C21H21N3O5/c1-12(25)24-13-7-14(27-3)9-15(8-13)29-19-5-6-23-18-11-20(28-4)17(10-16(18)19)21(26)22-2/h5-11H,1-4H3,(H,22,26)(H,24,25). The summed E-state index contributed by atoms with van der Waals surface area (Å²) < 4.78 is 16.7. The second-order valence-corrected chi connectivity index (χ2v) is 6.14. The molecule has 2 aromatic carbocycles. The van der Waals surface area contributed by atoms with E-state index < -0.39 is 0 Å². The molecule has 3 aromatic rings. The van der Waals surface area contributed by atoms with Gasteiger partial charge < -0.3 is 24.8 Å². The van der Waals surface area contributed by atoms with Gasteiger partial charge in [-0.15, -0.1) is 0 Å². The quantitative estimate of drug-likeness (QED) is 0.664. The number of carbonyl (C=O) groups is 2. The Bertz CT molecular complexity index is 1080. The van der Waals surface area contributed by atoms with Gasteiger partial charge in [-0.05, 0) is 12.1 Å². The van der Waals surface area contributed by atoms with E-state index in [1.165, 1.54) is 21.1 Å². The number of nitrogens with zero attached hydrogens (tertiary/aromatic N) is 1. The average Bonchev–Trinajstić information content (AvgIpc) is 2.71. The molecule has 0 aliphatic rings. The Morgan fingerprint density at radius 2 is 1.72 bits per heavy atom. The van der Waals surface area contributed by atoms with Crippen LogP contribution in [0.4, 0.5) is 5.69 Å². The first kappa shape index (κ1) is 19.9. The fourth-order valence-corrected chi connectivity index (χ4v) is 2.87. The molecular weight excluding hydrogens is 374 g/mol. The fraction of sp³-hybridized carbons (Fsp3) is 0.190. The van der Waals surface area contributed by atoms with Crippen molar-refractivity contribution in [2.75, 3.05) is 26.6 Å². The van der Waals surface area contributed by atoms with Gasteiger partial charge in [0.2, 0.25) is 5.91 Å². The molecule has 2 amide bonds. The number of benzene rings is 2. The maximum absolute atomic E-state index is 12.2. The largest absolute Gasteiger partial charge is 0.497 e. The third-order valence-electron chi connectivity index (χ3n) is 4.16. The Kier molecular flexibility index (Phi) is 5.82. The number of nitrogens with one attached hydrogen (secondary N) is 2. The Morgan fingerprint density at radius 3 is 2.38 bits per heavy atom. The highest BCUT2D eigenvalue weighted by atomic mass is 16.5. The number of methoxy groups -OCH3 is 2. The summed E-state index contributed by atoms with van der Waals surface area (Å²) in [4.78, 5) is 28.0. The SMILES string of the molecule is CNC(=O)c1cc2c(Oc3cc(NC(C)=O)cc(OC)c3)ccnc2cc1OC. The van der Waals surface area contributed by atoms with E-state index in [1.54, 1.807) is 49.6 Å². The lowest BCUT2D eigenvalue weighted by Crippen LogP contribution is -2.18. The Labute approximate surface area is 167 Å². The number of ether oxygens (including phenoxy) is 3. The number of anilines is 1. The molecule has 0 aliphatic heterocycles. The van der Waals surface area contributed by atoms with E-state index in [2.05, 4.69) is 15.6 Å². The summed E-state index contributed by atoms with van der Waals surface area (Å²) in [6.07, 6.45) is 1.60. The minimum Gasteiger partial charge on any atom is -0.497 e. The number of aromatic nitrogens is 1. The maximum Gasteiger partial charge on any atom is 0.254 e. The summed E-state index contributed by atoms with van der Waals surface area (Å²) >= 11 is 0. The molecule has 29 heavy (non-hydrogen) atoms. The summed E-state index contributed by atoms with van der Waals surface area (Å²) in [5.74, 6) is 1.39. The topological polar surface area (TPSA) is 98.8 Å². The van der Waals surface area contributed by atoms with E-state index in [4.69, 9.17) is 14.2 Å². The van der Waals surface area contributed by atoms with Gasteiger partial charge in [-0.25, -0.2) is 0 Å². The number of hydrogen-bond acceptors (Lipinski definition) is 6. The second kappa shape index (κ2) is 8.47. The van der Waals surface area contributed by atoms with E-state index in [1.807, 2.05) is 0 Å². The molecule has 1 heterocycles. The number of carbonyl (C=O) groups excluding carboxylic acids is 2. The van der Waals surface area contributed by atoms with Crippen LogP contribution < -0.4 is 24.8 Å². The summed E-state index contributed by atoms with van der Waals surface area (Å²) in [6, 6.07) is 10.1. The van der Waals surface area contributed by atoms with Crippen LogP contribution in [0, 0.1) is 0 Å². The zero-order valence-electron chi connectivity index (χ0n) is 16.5. The van der Waals surface area contributed by atoms with Crippen LogP contribution in [0.25, 0.3) is 10.9 Å². The summed E-state index contributed by atoms with van der Waals surface area (Å²) in [5.41, 5.74) is 1.51. The molecular formula is C21H21N3O5. The number of pyridine rings is 1. The Balaban J connectivity index is 2.08. The molecule has 0 atom stereocenters. The van der Waals surface area contributed by atoms with E-state index >= 15 is 0 Å². The minimum absolute atomic E-state index is 0.208. The van der Waals surface area contributed by atoms with Crippen molar-refractivity contribution >= 4 is 28.4 Å². The van der Waals surface area contributed by atoms with Crippen molar-refractivity contribution in [1.29, 1.82) is 0 Å². The fourth-order valence-electron chi connectivity index (χ4n) is 2.87. The van der Waals surface area contributed by atoms with E-state index in [9.17, 15) is 9.59 Å². The molecule has 0 radical (unpaired) electrons. The van der Waals surface area contributed by atoms with Crippen LogP contribution >= 0.6 is 0 Å². The molecule has 3 rings (SSSR count). The molecule has 0 fully saturated rings. The highest BCUT2D eigenvalue weighted by Crippen LogP contribution is 2.35. The van der Waals surface area contributed by atoms with Crippen molar-refractivity contribution in [2.45, 2.75) is 6.92 Å². The van der Waals surface area contributed by atoms with E-state index in [0.29, 0.717) is 45.2 Å². The smallest absolute Gasteiger partial charge is 0.254 e. The first-order chi connectivity index (χ1) is 13.9. The Hall–Kier alpha value is -3.81. The first-order valence-corrected chi connectivity index (χ1v) is 8.78. The third kappa shape index (κ3) is 4.37. The van der Waals surface area contributed by atoms with Gasteiger partial charge in [-0.3, -0.25) is 14.6 Å². The zero-order valence-corrected chi connectivity index (χ0v) is 16.5. The van der Waals surface area contributed by atoms with Gasteiger partial charge >= 0.3 is 0 Å². The van der Waals surface area contributed by atoms with Gasteiger partial charge in [0.15, 0.2) is 0 Å². The van der Waals surface area contributed by atoms with Crippen molar-refractivity contribution in [2.24, 2.45) is 0 Å². The molecule has 1 aromatic heterocycles. The van der Waals surface area contributed by atoms with Crippen molar-refractivity contribution < 1.29 is 23.8 Å². The molecule has 0 saturated carbocycles. The zero-order chi connectivity index (χ0) is 21.0. The summed E-state index contributed by atoms with van der Waals surface area (Å²) in [6.45, 7) is 1.42. The van der Waals surface area contributed by atoms with Crippen molar-refractivity contribution in [1.82, 2.24) is 10.3 Å². The molecule has 0 spiro atoms. The molecule has 0 unspecified atom stereocenters. The third-order valence-corrected chi connectivity index (χ3v) is 4.16. The van der Waals surface area contributed by atoms with Crippen LogP contribution in [0.3, 0.4) is 0 Å². The number of hydrogen-bond donors (Lipinski definition) is 2. The van der Waals surface area contributed by atoms with Crippen LogP contribution in [-0.4, -0.2) is 38.1 Å². The molecule has 8 nitrogen and oxygen atoms in total. The molecule has 0 aliphatic carbocycles. The lowest BCUT2D eigenvalue weighted by molar-refractivity contribution is -0.114. The monoisotopic (exact) mass is 395 g/mol. The van der Waals surface area contributed by atoms with Gasteiger partial charge in [0.25, 0.3) is 5.91 Å². The van der Waals surface area contributed by atoms with Gasteiger partial charge in [-0.1, -0.05) is 0 Å². The van der Waals surface area contributed by atoms with Gasteiger partial charge in [0, 0.05) is 55.5 Å². The molecule has 8 heteroatoms. The normalized spacial score (nSPS) is 10.3. The van der Waals surface area contributed by atoms with E-state index in [-0.39, 0.29) is 11.8 Å².